The lowest BCUT2D eigenvalue weighted by Crippen LogP contribution is -2.52. The van der Waals surface area contributed by atoms with E-state index in [-0.39, 0.29) is 11.7 Å². The second-order valence-corrected chi connectivity index (χ2v) is 7.42. The summed E-state index contributed by atoms with van der Waals surface area (Å²) in [5, 5.41) is 3.40. The van der Waals surface area contributed by atoms with Crippen molar-refractivity contribution in [2.45, 2.75) is 19.5 Å². The SMILES string of the molecule is CC1CN(CC(=O)Nc2ccc(F)cc2)CCN1Cc1cnc(N)s1. The average Bonchev–Trinajstić information content (AvgIpc) is 2.97. The first-order chi connectivity index (χ1) is 12.0. The molecule has 1 aromatic carbocycles. The molecular weight excluding hydrogens is 341 g/mol. The van der Waals surface area contributed by atoms with Gasteiger partial charge in [-0.3, -0.25) is 14.6 Å². The first-order valence-electron chi connectivity index (χ1n) is 8.21. The number of nitrogens with zero attached hydrogens (tertiary/aromatic N) is 3. The average molecular weight is 363 g/mol. The van der Waals surface area contributed by atoms with E-state index in [0.717, 1.165) is 31.1 Å². The summed E-state index contributed by atoms with van der Waals surface area (Å²) >= 11 is 1.52. The fourth-order valence-corrected chi connectivity index (χ4v) is 3.69. The van der Waals surface area contributed by atoms with Crippen molar-refractivity contribution in [3.05, 3.63) is 41.2 Å². The quantitative estimate of drug-likeness (QED) is 0.850. The summed E-state index contributed by atoms with van der Waals surface area (Å²) in [6, 6.07) is 6.14. The predicted octanol–water partition coefficient (Wildman–Crippen LogP) is 2.01. The summed E-state index contributed by atoms with van der Waals surface area (Å²) in [6.45, 7) is 5.88. The Balaban J connectivity index is 1.47. The van der Waals surface area contributed by atoms with Crippen LogP contribution in [0.5, 0.6) is 0 Å². The van der Waals surface area contributed by atoms with Gasteiger partial charge < -0.3 is 11.1 Å². The molecule has 2 aromatic rings. The monoisotopic (exact) mass is 363 g/mol. The van der Waals surface area contributed by atoms with E-state index >= 15 is 0 Å². The number of carbonyl (C=O) groups excluding carboxylic acids is 1. The summed E-state index contributed by atoms with van der Waals surface area (Å²) < 4.78 is 12.9. The van der Waals surface area contributed by atoms with Crippen molar-refractivity contribution in [1.82, 2.24) is 14.8 Å². The van der Waals surface area contributed by atoms with Crippen LogP contribution < -0.4 is 11.1 Å². The summed E-state index contributed by atoms with van der Waals surface area (Å²) in [6.07, 6.45) is 1.83. The van der Waals surface area contributed by atoms with Gasteiger partial charge in [0, 0.05) is 49.0 Å². The van der Waals surface area contributed by atoms with Gasteiger partial charge in [-0.15, -0.1) is 11.3 Å². The highest BCUT2D eigenvalue weighted by Gasteiger charge is 2.25. The summed E-state index contributed by atoms with van der Waals surface area (Å²) in [5.74, 6) is -0.395. The Morgan fingerprint density at radius 2 is 2.16 bits per heavy atom. The van der Waals surface area contributed by atoms with Crippen molar-refractivity contribution in [1.29, 1.82) is 0 Å². The molecule has 1 aliphatic heterocycles. The molecule has 3 N–H and O–H groups in total. The molecule has 8 heteroatoms. The molecule has 1 fully saturated rings. The normalized spacial score (nSPS) is 19.0. The highest BCUT2D eigenvalue weighted by molar-refractivity contribution is 7.15. The number of nitrogens with two attached hydrogens (primary N) is 1. The van der Waals surface area contributed by atoms with E-state index < -0.39 is 0 Å². The molecule has 1 aliphatic rings. The number of halogens is 1. The maximum atomic E-state index is 12.9. The minimum Gasteiger partial charge on any atom is -0.375 e. The standard InChI is InChI=1S/C17H22FN5OS/c1-12-9-22(6-7-23(12)10-15-8-20-17(19)25-15)11-16(24)21-14-4-2-13(18)3-5-14/h2-5,8,12H,6-7,9-11H2,1H3,(H2,19,20)(H,21,24). The molecule has 3 rings (SSSR count). The van der Waals surface area contributed by atoms with Crippen LogP contribution in [0.4, 0.5) is 15.2 Å². The highest BCUT2D eigenvalue weighted by Crippen LogP contribution is 2.19. The van der Waals surface area contributed by atoms with Crippen LogP contribution in [0.1, 0.15) is 11.8 Å². The first-order valence-corrected chi connectivity index (χ1v) is 9.03. The number of thiazole rings is 1. The Labute approximate surface area is 150 Å². The van der Waals surface area contributed by atoms with E-state index in [9.17, 15) is 9.18 Å². The number of benzene rings is 1. The van der Waals surface area contributed by atoms with Crippen LogP contribution in [0.3, 0.4) is 0 Å². The zero-order chi connectivity index (χ0) is 17.8. The maximum absolute atomic E-state index is 12.9. The largest absolute Gasteiger partial charge is 0.375 e. The number of hydrogen-bond donors (Lipinski definition) is 2. The van der Waals surface area contributed by atoms with E-state index in [1.54, 1.807) is 12.1 Å². The molecule has 6 nitrogen and oxygen atoms in total. The van der Waals surface area contributed by atoms with Crippen LogP contribution in [0.25, 0.3) is 0 Å². The minimum absolute atomic E-state index is 0.0810. The highest BCUT2D eigenvalue weighted by atomic mass is 32.1. The van der Waals surface area contributed by atoms with E-state index in [2.05, 4.69) is 27.0 Å². The number of aromatic nitrogens is 1. The van der Waals surface area contributed by atoms with Crippen LogP contribution in [-0.2, 0) is 11.3 Å². The van der Waals surface area contributed by atoms with Gasteiger partial charge in [0.2, 0.25) is 5.91 Å². The van der Waals surface area contributed by atoms with E-state index in [0.29, 0.717) is 23.4 Å². The zero-order valence-electron chi connectivity index (χ0n) is 14.1. The lowest BCUT2D eigenvalue weighted by Gasteiger charge is -2.39. The third-order valence-corrected chi connectivity index (χ3v) is 5.09. The topological polar surface area (TPSA) is 74.5 Å². The van der Waals surface area contributed by atoms with Crippen molar-refractivity contribution in [2.75, 3.05) is 37.2 Å². The number of piperazine rings is 1. The van der Waals surface area contributed by atoms with Gasteiger partial charge in [-0.1, -0.05) is 0 Å². The van der Waals surface area contributed by atoms with Crippen LogP contribution in [0.2, 0.25) is 0 Å². The summed E-state index contributed by atoms with van der Waals surface area (Å²) in [5.41, 5.74) is 6.29. The van der Waals surface area contributed by atoms with Gasteiger partial charge in [0.25, 0.3) is 0 Å². The molecule has 25 heavy (non-hydrogen) atoms. The Morgan fingerprint density at radius 1 is 1.40 bits per heavy atom. The molecule has 0 saturated carbocycles. The van der Waals surface area contributed by atoms with Crippen LogP contribution in [0, 0.1) is 5.82 Å². The predicted molar refractivity (Wildman–Crippen MR) is 97.9 cm³/mol. The third-order valence-electron chi connectivity index (χ3n) is 4.27. The van der Waals surface area contributed by atoms with Gasteiger partial charge in [0.05, 0.1) is 6.54 Å². The van der Waals surface area contributed by atoms with Crippen LogP contribution in [0.15, 0.2) is 30.5 Å². The molecule has 0 aliphatic carbocycles. The van der Waals surface area contributed by atoms with E-state index in [1.165, 1.54) is 23.5 Å². The van der Waals surface area contributed by atoms with Crippen molar-refractivity contribution < 1.29 is 9.18 Å². The van der Waals surface area contributed by atoms with Crippen molar-refractivity contribution >= 4 is 28.1 Å². The first kappa shape index (κ1) is 17.8. The number of rotatable bonds is 5. The van der Waals surface area contributed by atoms with E-state index in [1.807, 2.05) is 6.20 Å². The number of nitrogens with one attached hydrogen (secondary N) is 1. The second-order valence-electron chi connectivity index (χ2n) is 6.27. The fraction of sp³-hybridized carbons (Fsp3) is 0.412. The Hall–Kier alpha value is -2.03. The van der Waals surface area contributed by atoms with Gasteiger partial charge in [-0.25, -0.2) is 9.37 Å². The molecule has 2 heterocycles. The number of carbonyl (C=O) groups is 1. The fourth-order valence-electron chi connectivity index (χ4n) is 2.98. The van der Waals surface area contributed by atoms with Crippen LogP contribution in [-0.4, -0.2) is 52.9 Å². The van der Waals surface area contributed by atoms with Gasteiger partial charge in [-0.05, 0) is 31.2 Å². The zero-order valence-corrected chi connectivity index (χ0v) is 14.9. The molecule has 1 saturated heterocycles. The molecule has 0 radical (unpaired) electrons. The van der Waals surface area contributed by atoms with Crippen molar-refractivity contribution in [2.24, 2.45) is 0 Å². The lowest BCUT2D eigenvalue weighted by atomic mass is 10.2. The number of hydrogen-bond acceptors (Lipinski definition) is 6. The van der Waals surface area contributed by atoms with Gasteiger partial charge in [0.15, 0.2) is 5.13 Å². The number of amides is 1. The van der Waals surface area contributed by atoms with Crippen LogP contribution >= 0.6 is 11.3 Å². The molecule has 1 unspecified atom stereocenters. The molecule has 0 spiro atoms. The van der Waals surface area contributed by atoms with Crippen molar-refractivity contribution in [3.63, 3.8) is 0 Å². The lowest BCUT2D eigenvalue weighted by molar-refractivity contribution is -0.118. The molecule has 1 amide bonds. The maximum Gasteiger partial charge on any atom is 0.238 e. The molecule has 0 bridgehead atoms. The second kappa shape index (κ2) is 7.90. The summed E-state index contributed by atoms with van der Waals surface area (Å²) in [7, 11) is 0. The molecule has 1 aromatic heterocycles. The van der Waals surface area contributed by atoms with Gasteiger partial charge >= 0.3 is 0 Å². The Morgan fingerprint density at radius 3 is 2.80 bits per heavy atom. The number of anilines is 2. The Bertz CT molecular complexity index is 720. The molecule has 134 valence electrons. The van der Waals surface area contributed by atoms with Gasteiger partial charge in [-0.2, -0.15) is 0 Å². The molecular formula is C17H22FN5OS. The smallest absolute Gasteiger partial charge is 0.238 e. The number of nitrogen functional groups attached to an aromatic ring is 1. The third kappa shape index (κ3) is 4.97. The molecule has 1 atom stereocenters. The minimum atomic E-state index is -0.314. The Kier molecular flexibility index (Phi) is 5.62. The van der Waals surface area contributed by atoms with Crippen molar-refractivity contribution in [3.8, 4) is 0 Å². The van der Waals surface area contributed by atoms with Gasteiger partial charge in [0.1, 0.15) is 5.82 Å². The summed E-state index contributed by atoms with van der Waals surface area (Å²) in [4.78, 5) is 21.9. The van der Waals surface area contributed by atoms with E-state index in [4.69, 9.17) is 5.73 Å².